The molecule has 0 radical (unpaired) electrons. The molecular formula is C30H29O3S+. The minimum atomic E-state index is -0.554. The Hall–Kier alpha value is -2.85. The second-order valence-electron chi connectivity index (χ2n) is 10.7. The summed E-state index contributed by atoms with van der Waals surface area (Å²) in [6.45, 7) is 2.15. The highest BCUT2D eigenvalue weighted by Crippen LogP contribution is 2.59. The van der Waals surface area contributed by atoms with Crippen LogP contribution < -0.4 is 4.74 Å². The van der Waals surface area contributed by atoms with Crippen molar-refractivity contribution in [2.24, 2.45) is 23.7 Å². The summed E-state index contributed by atoms with van der Waals surface area (Å²) >= 11 is 0. The Morgan fingerprint density at radius 2 is 1.29 bits per heavy atom. The summed E-state index contributed by atoms with van der Waals surface area (Å²) in [7, 11) is -0.148. The van der Waals surface area contributed by atoms with Gasteiger partial charge in [0.05, 0.1) is 0 Å². The number of benzene rings is 3. The SMILES string of the molecule is CC1(OC(=O)Oc2ccc(-[s+]3c4ccccc4c4ccccc43)cc2)C2CC3CC(C2)CC1C3. The first-order chi connectivity index (χ1) is 16.6. The summed E-state index contributed by atoms with van der Waals surface area (Å²) in [5, 5.41) is 2.63. The fourth-order valence-corrected chi connectivity index (χ4v) is 9.71. The Morgan fingerprint density at radius 1 is 0.765 bits per heavy atom. The number of carbonyl (C=O) groups is 1. The van der Waals surface area contributed by atoms with Crippen LogP contribution in [-0.4, -0.2) is 11.8 Å². The number of hydrogen-bond acceptors (Lipinski definition) is 3. The van der Waals surface area contributed by atoms with Gasteiger partial charge in [0.25, 0.3) is 0 Å². The van der Waals surface area contributed by atoms with Crippen molar-refractivity contribution in [2.45, 2.75) is 44.6 Å². The molecule has 0 amide bonds. The Bertz CT molecular complexity index is 1320. The molecule has 8 rings (SSSR count). The van der Waals surface area contributed by atoms with E-state index in [1.165, 1.54) is 57.2 Å². The van der Waals surface area contributed by atoms with Gasteiger partial charge in [-0.25, -0.2) is 4.79 Å². The Morgan fingerprint density at radius 3 is 1.85 bits per heavy atom. The normalized spacial score (nSPS) is 29.6. The number of fused-ring (bicyclic) bond motifs is 3. The Kier molecular flexibility index (Phi) is 4.57. The lowest BCUT2D eigenvalue weighted by atomic mass is 9.50. The molecule has 0 saturated heterocycles. The molecule has 4 bridgehead atoms. The maximum absolute atomic E-state index is 12.8. The molecule has 0 spiro atoms. The fourth-order valence-electron chi connectivity index (χ4n) is 7.33. The third-order valence-corrected chi connectivity index (χ3v) is 11.2. The predicted molar refractivity (Wildman–Crippen MR) is 138 cm³/mol. The van der Waals surface area contributed by atoms with Crippen molar-refractivity contribution < 1.29 is 14.3 Å². The van der Waals surface area contributed by atoms with E-state index in [9.17, 15) is 4.79 Å². The van der Waals surface area contributed by atoms with Crippen molar-refractivity contribution in [1.29, 1.82) is 0 Å². The van der Waals surface area contributed by atoms with Gasteiger partial charge in [-0.1, -0.05) is 24.3 Å². The van der Waals surface area contributed by atoms with E-state index in [0.717, 1.165) is 11.8 Å². The van der Waals surface area contributed by atoms with Crippen LogP contribution in [0.4, 0.5) is 4.79 Å². The van der Waals surface area contributed by atoms with Gasteiger partial charge in [-0.2, -0.15) is 0 Å². The van der Waals surface area contributed by atoms with Gasteiger partial charge in [0, 0.05) is 33.4 Å². The fraction of sp³-hybridized carbons (Fsp3) is 0.367. The number of hydrogen-bond donors (Lipinski definition) is 0. The molecule has 4 aliphatic rings. The van der Waals surface area contributed by atoms with Crippen LogP contribution in [0.3, 0.4) is 0 Å². The van der Waals surface area contributed by atoms with Crippen LogP contribution in [-0.2, 0) is 4.74 Å². The van der Waals surface area contributed by atoms with Crippen LogP contribution >= 0.6 is 10.5 Å². The standard InChI is InChI=1S/C30H29O3S/c1-30(21-15-19-14-20(17-21)18-22(30)16-19)33-29(31)32-23-10-12-24(13-11-23)34-27-8-4-2-6-25(27)26-7-3-5-9-28(26)34/h2-13,19-22H,14-18H2,1H3/q+1. The first kappa shape index (κ1) is 20.5. The average molecular weight is 470 g/mol. The number of rotatable bonds is 3. The third-order valence-electron chi connectivity index (χ3n) is 8.83. The molecule has 172 valence electrons. The van der Waals surface area contributed by atoms with Gasteiger partial charge in [0.15, 0.2) is 14.3 Å². The van der Waals surface area contributed by atoms with E-state index in [1.807, 2.05) is 12.1 Å². The monoisotopic (exact) mass is 469 g/mol. The minimum absolute atomic E-state index is 0.148. The van der Waals surface area contributed by atoms with Crippen LogP contribution in [0.5, 0.6) is 5.75 Å². The van der Waals surface area contributed by atoms with Crippen molar-refractivity contribution in [3.8, 4) is 10.6 Å². The number of carbonyl (C=O) groups excluding carboxylic acids is 1. The molecule has 0 N–H and O–H groups in total. The molecule has 34 heavy (non-hydrogen) atoms. The highest BCUT2D eigenvalue weighted by molar-refractivity contribution is 7.50. The third kappa shape index (κ3) is 3.11. The zero-order valence-electron chi connectivity index (χ0n) is 19.4. The van der Waals surface area contributed by atoms with E-state index in [1.54, 1.807) is 0 Å². The summed E-state index contributed by atoms with van der Waals surface area (Å²) in [4.78, 5) is 14.1. The molecule has 0 atom stereocenters. The van der Waals surface area contributed by atoms with Gasteiger partial charge in [0.2, 0.25) is 0 Å². The number of ether oxygens (including phenoxy) is 2. The molecule has 0 unspecified atom stereocenters. The van der Waals surface area contributed by atoms with Crippen molar-refractivity contribution >= 4 is 36.8 Å². The van der Waals surface area contributed by atoms with Gasteiger partial charge < -0.3 is 9.47 Å². The van der Waals surface area contributed by atoms with E-state index in [2.05, 4.69) is 67.6 Å². The van der Waals surface area contributed by atoms with Crippen LogP contribution in [0.25, 0.3) is 25.1 Å². The molecule has 4 heteroatoms. The van der Waals surface area contributed by atoms with Gasteiger partial charge >= 0.3 is 6.16 Å². The van der Waals surface area contributed by atoms with E-state index >= 15 is 0 Å². The van der Waals surface area contributed by atoms with Crippen LogP contribution in [0, 0.1) is 23.7 Å². The van der Waals surface area contributed by atoms with Crippen LogP contribution in [0.2, 0.25) is 0 Å². The molecular weight excluding hydrogens is 440 g/mol. The minimum Gasteiger partial charge on any atom is -0.427 e. The smallest absolute Gasteiger partial charge is 0.427 e. The van der Waals surface area contributed by atoms with Gasteiger partial charge in [-0.15, -0.1) is 0 Å². The summed E-state index contributed by atoms with van der Waals surface area (Å²) in [5.74, 6) is 3.21. The van der Waals surface area contributed by atoms with E-state index in [0.29, 0.717) is 17.6 Å². The lowest BCUT2D eigenvalue weighted by molar-refractivity contribution is -0.169. The van der Waals surface area contributed by atoms with Crippen LogP contribution in [0.1, 0.15) is 39.0 Å². The molecule has 4 aromatic rings. The topological polar surface area (TPSA) is 35.5 Å². The molecule has 4 saturated carbocycles. The van der Waals surface area contributed by atoms with Crippen molar-refractivity contribution in [3.63, 3.8) is 0 Å². The van der Waals surface area contributed by atoms with Crippen molar-refractivity contribution in [1.82, 2.24) is 0 Å². The zero-order chi connectivity index (χ0) is 22.9. The largest absolute Gasteiger partial charge is 0.514 e. The van der Waals surface area contributed by atoms with Crippen LogP contribution in [0.15, 0.2) is 72.8 Å². The summed E-state index contributed by atoms with van der Waals surface area (Å²) in [5.41, 5.74) is -0.372. The molecule has 1 heterocycles. The summed E-state index contributed by atoms with van der Waals surface area (Å²) in [6.07, 6.45) is 5.65. The first-order valence-electron chi connectivity index (χ1n) is 12.5. The van der Waals surface area contributed by atoms with E-state index < -0.39 is 6.16 Å². The zero-order valence-corrected chi connectivity index (χ0v) is 20.2. The van der Waals surface area contributed by atoms with Gasteiger partial charge in [0.1, 0.15) is 11.4 Å². The second kappa shape index (κ2) is 7.58. The quantitative estimate of drug-likeness (QED) is 0.171. The maximum atomic E-state index is 12.8. The Balaban J connectivity index is 1.13. The van der Waals surface area contributed by atoms with Crippen molar-refractivity contribution in [3.05, 3.63) is 72.8 Å². The predicted octanol–water partition coefficient (Wildman–Crippen LogP) is 8.46. The highest BCUT2D eigenvalue weighted by Gasteiger charge is 2.57. The molecule has 0 aliphatic heterocycles. The molecule has 1 aromatic heterocycles. The molecule has 3 nitrogen and oxygen atoms in total. The van der Waals surface area contributed by atoms with Gasteiger partial charge in [-0.05, 0) is 99.1 Å². The van der Waals surface area contributed by atoms with Gasteiger partial charge in [-0.3, -0.25) is 0 Å². The maximum Gasteiger partial charge on any atom is 0.514 e. The number of thiophene rings is 1. The van der Waals surface area contributed by atoms with E-state index in [4.69, 9.17) is 9.47 Å². The first-order valence-corrected chi connectivity index (χ1v) is 13.7. The summed E-state index contributed by atoms with van der Waals surface area (Å²) < 4.78 is 14.5. The van der Waals surface area contributed by atoms with Crippen molar-refractivity contribution in [2.75, 3.05) is 0 Å². The second-order valence-corrected chi connectivity index (χ2v) is 12.7. The average Bonchev–Trinajstić information content (AvgIpc) is 3.17. The lowest BCUT2D eigenvalue weighted by Crippen LogP contribution is -2.58. The summed E-state index contributed by atoms with van der Waals surface area (Å²) in [6, 6.07) is 25.3. The molecule has 4 aliphatic carbocycles. The highest BCUT2D eigenvalue weighted by atomic mass is 32.2. The Labute approximate surface area is 202 Å². The molecule has 3 aromatic carbocycles. The lowest BCUT2D eigenvalue weighted by Gasteiger charge is -2.58. The molecule has 4 fully saturated rings. The van der Waals surface area contributed by atoms with E-state index in [-0.39, 0.29) is 16.1 Å².